The second-order valence-corrected chi connectivity index (χ2v) is 8.52. The van der Waals surface area contributed by atoms with Gasteiger partial charge in [-0.15, -0.1) is 3.71 Å². The van der Waals surface area contributed by atoms with Crippen molar-refractivity contribution in [3.63, 3.8) is 0 Å². The number of rotatable bonds is 10. The van der Waals surface area contributed by atoms with Gasteiger partial charge < -0.3 is 4.90 Å². The van der Waals surface area contributed by atoms with Gasteiger partial charge in [-0.2, -0.15) is 0 Å². The Hall–Kier alpha value is -1.92. The van der Waals surface area contributed by atoms with Crippen LogP contribution in [0.15, 0.2) is 17.0 Å². The van der Waals surface area contributed by atoms with E-state index in [-0.39, 0.29) is 5.69 Å². The summed E-state index contributed by atoms with van der Waals surface area (Å²) in [5, 5.41) is 23.1. The lowest BCUT2D eigenvalue weighted by Gasteiger charge is -2.23. The molecule has 0 N–H and O–H groups in total. The number of sulfonamides is 1. The van der Waals surface area contributed by atoms with Crippen molar-refractivity contribution in [2.24, 2.45) is 0 Å². The van der Waals surface area contributed by atoms with Crippen LogP contribution in [-0.2, 0) is 10.0 Å². The van der Waals surface area contributed by atoms with Crippen LogP contribution < -0.4 is 4.90 Å². The summed E-state index contributed by atoms with van der Waals surface area (Å²) in [6.07, 6.45) is 2.77. The smallest absolute Gasteiger partial charge is 0.301 e. The van der Waals surface area contributed by atoms with Gasteiger partial charge in [0, 0.05) is 32.3 Å². The Morgan fingerprint density at radius 2 is 1.46 bits per heavy atom. The molecule has 0 aliphatic rings. The Morgan fingerprint density at radius 1 is 1.04 bits per heavy atom. The van der Waals surface area contributed by atoms with Gasteiger partial charge in [0.15, 0.2) is 5.69 Å². The Kier molecular flexibility index (Phi) is 7.78. The summed E-state index contributed by atoms with van der Waals surface area (Å²) in [4.78, 5) is 22.7. The van der Waals surface area contributed by atoms with E-state index in [4.69, 9.17) is 0 Å². The summed E-state index contributed by atoms with van der Waals surface area (Å²) in [6, 6.07) is 1.78. The Morgan fingerprint density at radius 3 is 1.77 bits per heavy atom. The standard InChI is InChI=1S/C14H22N4O6S2/c1-5-7-16(8-6-2)14-12(17(19)20)9-11(10-13(14)18(21)22)26(23,24)15(3)25-4/h9-10H,5-8H2,1-4H3. The van der Waals surface area contributed by atoms with Crippen molar-refractivity contribution in [2.75, 3.05) is 31.3 Å². The molecule has 12 heteroatoms. The number of nitrogens with zero attached hydrogens (tertiary/aromatic N) is 4. The minimum Gasteiger partial charge on any atom is -0.360 e. The van der Waals surface area contributed by atoms with Crippen molar-refractivity contribution in [3.8, 4) is 0 Å². The molecule has 26 heavy (non-hydrogen) atoms. The number of hydrogen-bond donors (Lipinski definition) is 0. The molecule has 0 aliphatic heterocycles. The molecule has 0 aliphatic carbocycles. The molecule has 0 heterocycles. The fourth-order valence-electron chi connectivity index (χ4n) is 2.45. The molecule has 0 atom stereocenters. The molecule has 146 valence electrons. The van der Waals surface area contributed by atoms with E-state index < -0.39 is 36.1 Å². The number of anilines is 1. The zero-order valence-electron chi connectivity index (χ0n) is 15.0. The molecule has 0 unspecified atom stereocenters. The monoisotopic (exact) mass is 406 g/mol. The molecule has 0 aromatic heterocycles. The van der Waals surface area contributed by atoms with E-state index in [0.29, 0.717) is 25.9 Å². The highest BCUT2D eigenvalue weighted by Gasteiger charge is 2.34. The average molecular weight is 406 g/mol. The number of nitro groups is 2. The SMILES string of the molecule is CCCN(CCC)c1c([N+](=O)[O-])cc(S(=O)(=O)N(C)SC)cc1[N+](=O)[O-]. The largest absolute Gasteiger partial charge is 0.360 e. The highest BCUT2D eigenvalue weighted by atomic mass is 32.3. The molecular formula is C14H22N4O6S2. The summed E-state index contributed by atoms with van der Waals surface area (Å²) in [5.41, 5.74) is -1.34. The molecule has 0 bridgehead atoms. The molecule has 1 aromatic rings. The maximum Gasteiger partial charge on any atom is 0.301 e. The summed E-state index contributed by atoms with van der Waals surface area (Å²) < 4.78 is 25.9. The third-order valence-electron chi connectivity index (χ3n) is 3.63. The van der Waals surface area contributed by atoms with Crippen LogP contribution in [0.5, 0.6) is 0 Å². The average Bonchev–Trinajstić information content (AvgIpc) is 2.59. The van der Waals surface area contributed by atoms with Crippen molar-refractivity contribution in [2.45, 2.75) is 31.6 Å². The fourth-order valence-corrected chi connectivity index (χ4v) is 4.31. The van der Waals surface area contributed by atoms with Crippen LogP contribution >= 0.6 is 11.9 Å². The van der Waals surface area contributed by atoms with Crippen LogP contribution in [0, 0.1) is 20.2 Å². The first-order valence-electron chi connectivity index (χ1n) is 7.86. The van der Waals surface area contributed by atoms with Gasteiger partial charge in [0.1, 0.15) is 0 Å². The first-order chi connectivity index (χ1) is 12.1. The minimum absolute atomic E-state index is 0.158. The zero-order chi connectivity index (χ0) is 20.1. The highest BCUT2D eigenvalue weighted by Crippen LogP contribution is 2.41. The molecule has 0 spiro atoms. The lowest BCUT2D eigenvalue weighted by Crippen LogP contribution is -2.27. The fraction of sp³-hybridized carbons (Fsp3) is 0.571. The topological polar surface area (TPSA) is 127 Å². The van der Waals surface area contributed by atoms with Gasteiger partial charge >= 0.3 is 11.4 Å². The summed E-state index contributed by atoms with van der Waals surface area (Å²) in [6.45, 7) is 4.47. The Balaban J connectivity index is 3.81. The predicted octanol–water partition coefficient (Wildman–Crippen LogP) is 3.03. The van der Waals surface area contributed by atoms with E-state index in [1.54, 1.807) is 4.90 Å². The molecule has 0 radical (unpaired) electrons. The van der Waals surface area contributed by atoms with Gasteiger partial charge in [0.2, 0.25) is 0 Å². The number of hydrogen-bond acceptors (Lipinski definition) is 8. The molecule has 0 amide bonds. The van der Waals surface area contributed by atoms with Gasteiger partial charge in [-0.25, -0.2) is 8.42 Å². The van der Waals surface area contributed by atoms with Gasteiger partial charge in [0.05, 0.1) is 14.7 Å². The van der Waals surface area contributed by atoms with Gasteiger partial charge in [0.25, 0.3) is 10.0 Å². The van der Waals surface area contributed by atoms with Crippen LogP contribution in [0.1, 0.15) is 26.7 Å². The maximum atomic E-state index is 12.5. The second-order valence-electron chi connectivity index (χ2n) is 5.41. The first-order valence-corrected chi connectivity index (χ1v) is 10.5. The summed E-state index contributed by atoms with van der Waals surface area (Å²) in [7, 11) is -2.83. The van der Waals surface area contributed by atoms with Gasteiger partial charge in [-0.05, 0) is 19.1 Å². The third kappa shape index (κ3) is 4.62. The quantitative estimate of drug-likeness (QED) is 0.329. The van der Waals surface area contributed by atoms with Crippen molar-refractivity contribution >= 4 is 39.0 Å². The molecule has 1 rings (SSSR count). The molecule has 1 aromatic carbocycles. The Bertz CT molecular complexity index is 743. The number of nitro benzene ring substituents is 2. The summed E-state index contributed by atoms with van der Waals surface area (Å²) in [5.74, 6) is 0. The normalized spacial score (nSPS) is 11.6. The lowest BCUT2D eigenvalue weighted by molar-refractivity contribution is -0.393. The maximum absolute atomic E-state index is 12.5. The molecular weight excluding hydrogens is 384 g/mol. The van der Waals surface area contributed by atoms with Gasteiger partial charge in [-0.1, -0.05) is 25.8 Å². The van der Waals surface area contributed by atoms with Gasteiger partial charge in [-0.3, -0.25) is 20.2 Å². The third-order valence-corrected chi connectivity index (χ3v) is 6.69. The van der Waals surface area contributed by atoms with Crippen LogP contribution in [0.2, 0.25) is 0 Å². The van der Waals surface area contributed by atoms with E-state index in [9.17, 15) is 28.6 Å². The summed E-state index contributed by atoms with van der Waals surface area (Å²) >= 11 is 0.877. The molecule has 0 saturated heterocycles. The van der Waals surface area contributed by atoms with Crippen LogP contribution in [0.3, 0.4) is 0 Å². The van der Waals surface area contributed by atoms with Crippen molar-refractivity contribution in [1.29, 1.82) is 0 Å². The van der Waals surface area contributed by atoms with E-state index in [1.165, 1.54) is 13.3 Å². The van der Waals surface area contributed by atoms with E-state index in [1.807, 2.05) is 13.8 Å². The van der Waals surface area contributed by atoms with Crippen LogP contribution in [0.4, 0.5) is 17.1 Å². The van der Waals surface area contributed by atoms with E-state index >= 15 is 0 Å². The van der Waals surface area contributed by atoms with Crippen molar-refractivity contribution < 1.29 is 18.3 Å². The molecule has 10 nitrogen and oxygen atoms in total. The Labute approximate surface area is 156 Å². The first kappa shape index (κ1) is 22.1. The highest BCUT2D eigenvalue weighted by molar-refractivity contribution is 8.08. The molecule has 0 saturated carbocycles. The predicted molar refractivity (Wildman–Crippen MR) is 101 cm³/mol. The number of benzene rings is 1. The lowest BCUT2D eigenvalue weighted by atomic mass is 10.2. The van der Waals surface area contributed by atoms with Crippen LogP contribution in [-0.4, -0.2) is 48.4 Å². The van der Waals surface area contributed by atoms with Crippen LogP contribution in [0.25, 0.3) is 0 Å². The second kappa shape index (κ2) is 9.14. The van der Waals surface area contributed by atoms with Crippen molar-refractivity contribution in [1.82, 2.24) is 3.71 Å². The van der Waals surface area contributed by atoms with Crippen molar-refractivity contribution in [3.05, 3.63) is 32.4 Å². The minimum atomic E-state index is -4.10. The zero-order valence-corrected chi connectivity index (χ0v) is 16.7. The van der Waals surface area contributed by atoms with E-state index in [0.717, 1.165) is 27.8 Å². The molecule has 0 fully saturated rings. The van der Waals surface area contributed by atoms with E-state index in [2.05, 4.69) is 0 Å².